The van der Waals surface area contributed by atoms with Gasteiger partial charge in [0.2, 0.25) is 19.4 Å². The van der Waals surface area contributed by atoms with Crippen LogP contribution in [0.1, 0.15) is 18.4 Å². The number of carbonyl (C=O) groups excluding carboxylic acids is 1. The van der Waals surface area contributed by atoms with Crippen LogP contribution in [0.3, 0.4) is 0 Å². The molecule has 150 valence electrons. The van der Waals surface area contributed by atoms with E-state index >= 15 is 0 Å². The van der Waals surface area contributed by atoms with Crippen LogP contribution in [0, 0.1) is 5.41 Å². The van der Waals surface area contributed by atoms with Crippen LogP contribution < -0.4 is 0 Å². The third-order valence-electron chi connectivity index (χ3n) is 3.91. The van der Waals surface area contributed by atoms with Crippen molar-refractivity contribution in [1.29, 1.82) is 5.41 Å². The maximum atomic E-state index is 12.4. The third-order valence-corrected chi connectivity index (χ3v) is 7.93. The number of rotatable bonds is 5. The molecule has 2 aliphatic heterocycles. The Bertz CT molecular complexity index is 1180. The van der Waals surface area contributed by atoms with Crippen LogP contribution in [-0.4, -0.2) is 40.5 Å². The van der Waals surface area contributed by atoms with Crippen LogP contribution in [0.5, 0.6) is 0 Å². The second-order valence-electron chi connectivity index (χ2n) is 5.81. The minimum absolute atomic E-state index is 0.0369. The molecule has 2 aliphatic rings. The number of hydrogen-bond acceptors (Lipinski definition) is 9. The smallest absolute Gasteiger partial charge is 0.283 e. The molecule has 0 saturated carbocycles. The molecule has 0 saturated heterocycles. The van der Waals surface area contributed by atoms with Crippen LogP contribution in [0.15, 0.2) is 60.1 Å². The Morgan fingerprint density at radius 3 is 2.90 bits per heavy atom. The van der Waals surface area contributed by atoms with Crippen LogP contribution in [0.4, 0.5) is 0 Å². The molecule has 2 aromatic rings. The molecular formula is C17H14N4O5S3. The van der Waals surface area contributed by atoms with Gasteiger partial charge in [0.05, 0.1) is 23.3 Å². The Labute approximate surface area is 174 Å². The van der Waals surface area contributed by atoms with Crippen molar-refractivity contribution < 1.29 is 22.0 Å². The normalized spacial score (nSPS) is 18.2. The monoisotopic (exact) mass is 450 g/mol. The summed E-state index contributed by atoms with van der Waals surface area (Å²) < 4.78 is 34.8. The van der Waals surface area contributed by atoms with E-state index in [1.165, 1.54) is 24.8 Å². The summed E-state index contributed by atoms with van der Waals surface area (Å²) in [7, 11) is -3.56. The molecule has 4 rings (SSSR count). The second-order valence-corrected chi connectivity index (χ2v) is 10.2. The van der Waals surface area contributed by atoms with Crippen molar-refractivity contribution in [1.82, 2.24) is 5.01 Å². The Morgan fingerprint density at radius 2 is 2.17 bits per heavy atom. The van der Waals surface area contributed by atoms with Crippen molar-refractivity contribution in [2.24, 2.45) is 10.1 Å². The van der Waals surface area contributed by atoms with E-state index < -0.39 is 15.7 Å². The number of amidine groups is 2. The lowest BCUT2D eigenvalue weighted by Gasteiger charge is -2.19. The molecule has 1 amide bonds. The number of amides is 1. The van der Waals surface area contributed by atoms with Crippen molar-refractivity contribution in [3.05, 3.63) is 47.6 Å². The van der Waals surface area contributed by atoms with Crippen LogP contribution in [0.2, 0.25) is 0 Å². The van der Waals surface area contributed by atoms with Gasteiger partial charge in [0.25, 0.3) is 5.91 Å². The van der Waals surface area contributed by atoms with Gasteiger partial charge in [0.15, 0.2) is 10.9 Å². The van der Waals surface area contributed by atoms with Gasteiger partial charge in [-0.25, -0.2) is 8.42 Å². The zero-order valence-electron chi connectivity index (χ0n) is 15.0. The summed E-state index contributed by atoms with van der Waals surface area (Å²) in [5.74, 6) is 0.730. The minimum atomic E-state index is -3.56. The number of furan rings is 2. The average molecular weight is 451 g/mol. The first-order valence-corrected chi connectivity index (χ1v) is 11.8. The molecule has 9 nitrogen and oxygen atoms in total. The molecule has 0 atom stereocenters. The predicted octanol–water partition coefficient (Wildman–Crippen LogP) is 3.18. The Kier molecular flexibility index (Phi) is 5.23. The van der Waals surface area contributed by atoms with Gasteiger partial charge < -0.3 is 8.83 Å². The van der Waals surface area contributed by atoms with Crippen molar-refractivity contribution in [3.8, 4) is 0 Å². The first-order chi connectivity index (χ1) is 13.9. The molecule has 12 heteroatoms. The number of hydrogen-bond donors (Lipinski definition) is 1. The topological polar surface area (TPSA) is 129 Å². The Hall–Kier alpha value is -2.57. The highest BCUT2D eigenvalue weighted by atomic mass is 32.3. The summed E-state index contributed by atoms with van der Waals surface area (Å²) in [6.45, 7) is 1.50. The van der Waals surface area contributed by atoms with Gasteiger partial charge in [0.1, 0.15) is 11.5 Å². The van der Waals surface area contributed by atoms with E-state index in [0.717, 1.165) is 22.5 Å². The number of sulfone groups is 1. The maximum absolute atomic E-state index is 12.4. The number of thioether (sulfide) groups is 2. The van der Waals surface area contributed by atoms with Crippen LogP contribution in [0.25, 0.3) is 6.08 Å². The van der Waals surface area contributed by atoms with E-state index in [9.17, 15) is 13.2 Å². The van der Waals surface area contributed by atoms with Crippen molar-refractivity contribution >= 4 is 60.7 Å². The maximum Gasteiger partial charge on any atom is 0.283 e. The quantitative estimate of drug-likeness (QED) is 0.543. The van der Waals surface area contributed by atoms with Gasteiger partial charge in [-0.1, -0.05) is 18.7 Å². The second kappa shape index (κ2) is 7.69. The lowest BCUT2D eigenvalue weighted by molar-refractivity contribution is -0.114. The standard InChI is InChI=1S/C17H14N4O5S3/c1-2-29(23,24)17-20-21-14(18)12(15(22)19-16(21)28-17)8-10-5-6-13(26-10)27-9-11-4-3-7-25-11/h3-8,18H,2,9H2,1H3/b12-8+,18-14?. The lowest BCUT2D eigenvalue weighted by atomic mass is 10.1. The molecule has 0 fully saturated rings. The molecule has 0 bridgehead atoms. The van der Waals surface area contributed by atoms with E-state index in [0.29, 0.717) is 16.6 Å². The molecule has 0 aromatic carbocycles. The highest BCUT2D eigenvalue weighted by Crippen LogP contribution is 2.31. The SMILES string of the molecule is CCS(=O)(=O)C1=NN2C(=N)/C(=C\c3ccc(SCc4ccco4)o3)C(=O)N=C2S1. The van der Waals surface area contributed by atoms with Crippen LogP contribution in [-0.2, 0) is 20.4 Å². The number of nitrogens with zero attached hydrogens (tertiary/aromatic N) is 3. The van der Waals surface area contributed by atoms with Gasteiger partial charge in [-0.3, -0.25) is 10.2 Å². The molecule has 29 heavy (non-hydrogen) atoms. The Morgan fingerprint density at radius 1 is 1.34 bits per heavy atom. The molecule has 0 aliphatic carbocycles. The van der Waals surface area contributed by atoms with E-state index in [-0.39, 0.29) is 26.7 Å². The number of aliphatic imine (C=N–C) groups is 1. The molecule has 1 N–H and O–H groups in total. The minimum Gasteiger partial charge on any atom is -0.468 e. The highest BCUT2D eigenvalue weighted by molar-refractivity contribution is 8.42. The number of fused-ring (bicyclic) bond motifs is 1. The first-order valence-electron chi connectivity index (χ1n) is 8.35. The zero-order valence-corrected chi connectivity index (χ0v) is 17.4. The fraction of sp³-hybridized carbons (Fsp3) is 0.176. The van der Waals surface area contributed by atoms with E-state index in [4.69, 9.17) is 14.2 Å². The largest absolute Gasteiger partial charge is 0.468 e. The fourth-order valence-corrected chi connectivity index (χ4v) is 5.32. The van der Waals surface area contributed by atoms with E-state index in [2.05, 4.69) is 10.1 Å². The molecule has 0 spiro atoms. The molecule has 0 radical (unpaired) electrons. The third kappa shape index (κ3) is 3.95. The van der Waals surface area contributed by atoms with E-state index in [1.54, 1.807) is 24.5 Å². The fourth-order valence-electron chi connectivity index (χ4n) is 2.39. The number of nitrogens with one attached hydrogen (secondary N) is 1. The average Bonchev–Trinajstić information content (AvgIpc) is 3.44. The van der Waals surface area contributed by atoms with Crippen molar-refractivity contribution in [2.75, 3.05) is 5.75 Å². The molecular weight excluding hydrogens is 436 g/mol. The molecule has 4 heterocycles. The van der Waals surface area contributed by atoms with Gasteiger partial charge in [-0.05, 0) is 42.1 Å². The van der Waals surface area contributed by atoms with Gasteiger partial charge in [0, 0.05) is 0 Å². The highest BCUT2D eigenvalue weighted by Gasteiger charge is 2.39. The molecule has 0 unspecified atom stereocenters. The van der Waals surface area contributed by atoms with Crippen molar-refractivity contribution in [2.45, 2.75) is 17.8 Å². The first kappa shape index (κ1) is 19.7. The zero-order chi connectivity index (χ0) is 20.6. The Balaban J connectivity index is 1.54. The molecule has 2 aromatic heterocycles. The van der Waals surface area contributed by atoms with Crippen LogP contribution >= 0.6 is 23.5 Å². The predicted molar refractivity (Wildman–Crippen MR) is 111 cm³/mol. The van der Waals surface area contributed by atoms with Gasteiger partial charge >= 0.3 is 0 Å². The summed E-state index contributed by atoms with van der Waals surface area (Å²) in [5, 5.41) is 14.0. The summed E-state index contributed by atoms with van der Waals surface area (Å²) in [4.78, 5) is 16.2. The van der Waals surface area contributed by atoms with E-state index in [1.807, 2.05) is 6.07 Å². The number of carbonyl (C=O) groups is 1. The summed E-state index contributed by atoms with van der Waals surface area (Å²) >= 11 is 2.19. The lowest BCUT2D eigenvalue weighted by Crippen LogP contribution is -2.35. The summed E-state index contributed by atoms with van der Waals surface area (Å²) in [6, 6.07) is 7.09. The summed E-state index contributed by atoms with van der Waals surface area (Å²) in [6.07, 6.45) is 2.99. The van der Waals surface area contributed by atoms with Gasteiger partial charge in [-0.2, -0.15) is 10.0 Å². The summed E-state index contributed by atoms with van der Waals surface area (Å²) in [5.41, 5.74) is -0.0369. The van der Waals surface area contributed by atoms with Gasteiger partial charge in [-0.15, -0.1) is 5.10 Å². The number of hydrazone groups is 1. The van der Waals surface area contributed by atoms with Crippen molar-refractivity contribution in [3.63, 3.8) is 0 Å².